The minimum absolute atomic E-state index is 0.00455. The molecule has 0 aliphatic carbocycles. The molecule has 5 heteroatoms. The standard InChI is InChI=1S/C19H18O5/c1-2-6-14-9-11-16(12-10-14)17(20)19(22,23)18(21)24-13-15-7-4-3-5-8-15/h2-12,22-23H,13H2,1H3/b6-2+. The Bertz CT molecular complexity index is 730. The second kappa shape index (κ2) is 7.68. The monoisotopic (exact) mass is 326 g/mol. The van der Waals surface area contributed by atoms with Gasteiger partial charge in [0.15, 0.2) is 0 Å². The summed E-state index contributed by atoms with van der Waals surface area (Å²) in [5, 5.41) is 19.7. The van der Waals surface area contributed by atoms with Crippen LogP contribution in [-0.2, 0) is 16.1 Å². The van der Waals surface area contributed by atoms with Gasteiger partial charge in [-0.2, -0.15) is 0 Å². The highest BCUT2D eigenvalue weighted by Gasteiger charge is 2.44. The Morgan fingerprint density at radius 1 is 1.04 bits per heavy atom. The first kappa shape index (κ1) is 17.6. The molecule has 24 heavy (non-hydrogen) atoms. The number of carbonyl (C=O) groups is 2. The molecule has 0 spiro atoms. The lowest BCUT2D eigenvalue weighted by molar-refractivity contribution is -0.193. The van der Waals surface area contributed by atoms with E-state index in [1.54, 1.807) is 42.5 Å². The van der Waals surface area contributed by atoms with E-state index in [9.17, 15) is 19.8 Å². The summed E-state index contributed by atoms with van der Waals surface area (Å²) >= 11 is 0. The number of aliphatic hydroxyl groups is 2. The summed E-state index contributed by atoms with van der Waals surface area (Å²) in [5.41, 5.74) is 1.52. The smallest absolute Gasteiger partial charge is 0.375 e. The molecule has 0 bridgehead atoms. The molecule has 0 amide bonds. The lowest BCUT2D eigenvalue weighted by Crippen LogP contribution is -2.47. The van der Waals surface area contributed by atoms with Gasteiger partial charge in [-0.3, -0.25) is 4.79 Å². The van der Waals surface area contributed by atoms with Crippen molar-refractivity contribution >= 4 is 17.8 Å². The first-order chi connectivity index (χ1) is 11.4. The number of esters is 1. The van der Waals surface area contributed by atoms with Crippen molar-refractivity contribution in [1.29, 1.82) is 0 Å². The van der Waals surface area contributed by atoms with Crippen molar-refractivity contribution in [2.24, 2.45) is 0 Å². The molecule has 0 radical (unpaired) electrons. The molecule has 0 saturated carbocycles. The first-order valence-electron chi connectivity index (χ1n) is 7.38. The SMILES string of the molecule is C/C=C/c1ccc(C(=O)C(O)(O)C(=O)OCc2ccccc2)cc1. The first-order valence-corrected chi connectivity index (χ1v) is 7.38. The molecule has 5 nitrogen and oxygen atoms in total. The Morgan fingerprint density at radius 3 is 2.25 bits per heavy atom. The van der Waals surface area contributed by atoms with Gasteiger partial charge in [0, 0.05) is 5.56 Å². The summed E-state index contributed by atoms with van der Waals surface area (Å²) < 4.78 is 4.83. The van der Waals surface area contributed by atoms with Gasteiger partial charge >= 0.3 is 11.8 Å². The van der Waals surface area contributed by atoms with Crippen molar-refractivity contribution in [3.05, 3.63) is 77.4 Å². The third-order valence-electron chi connectivity index (χ3n) is 3.35. The van der Waals surface area contributed by atoms with Crippen molar-refractivity contribution in [2.45, 2.75) is 19.3 Å². The third kappa shape index (κ3) is 4.16. The number of ether oxygens (including phenoxy) is 1. The molecule has 2 aromatic carbocycles. The fraction of sp³-hybridized carbons (Fsp3) is 0.158. The van der Waals surface area contributed by atoms with E-state index in [0.29, 0.717) is 5.56 Å². The van der Waals surface area contributed by atoms with Crippen LogP contribution >= 0.6 is 0 Å². The average Bonchev–Trinajstić information content (AvgIpc) is 2.60. The van der Waals surface area contributed by atoms with Gasteiger partial charge in [-0.05, 0) is 18.1 Å². The zero-order valence-electron chi connectivity index (χ0n) is 13.2. The largest absolute Gasteiger partial charge is 0.456 e. The summed E-state index contributed by atoms with van der Waals surface area (Å²) in [6, 6.07) is 14.9. The molecule has 0 aromatic heterocycles. The number of hydrogen-bond donors (Lipinski definition) is 2. The quantitative estimate of drug-likeness (QED) is 0.368. The third-order valence-corrected chi connectivity index (χ3v) is 3.35. The summed E-state index contributed by atoms with van der Waals surface area (Å²) in [5.74, 6) is -5.77. The summed E-state index contributed by atoms with van der Waals surface area (Å²) in [6.07, 6.45) is 3.66. The van der Waals surface area contributed by atoms with Gasteiger partial charge < -0.3 is 14.9 Å². The maximum Gasteiger partial charge on any atom is 0.375 e. The van der Waals surface area contributed by atoms with Crippen LogP contribution in [0.4, 0.5) is 0 Å². The Hall–Kier alpha value is -2.76. The topological polar surface area (TPSA) is 83.8 Å². The normalized spacial score (nSPS) is 11.5. The van der Waals surface area contributed by atoms with Crippen LogP contribution in [0.15, 0.2) is 60.7 Å². The molecule has 0 aliphatic heterocycles. The zero-order chi connectivity index (χ0) is 17.6. The van der Waals surface area contributed by atoms with Crippen molar-refractivity contribution in [2.75, 3.05) is 0 Å². The molecule has 2 N–H and O–H groups in total. The van der Waals surface area contributed by atoms with Crippen LogP contribution in [0, 0.1) is 0 Å². The molecule has 0 atom stereocenters. The lowest BCUT2D eigenvalue weighted by atomic mass is 10.0. The highest BCUT2D eigenvalue weighted by atomic mass is 16.6. The Morgan fingerprint density at radius 2 is 1.67 bits per heavy atom. The van der Waals surface area contributed by atoms with Crippen LogP contribution in [-0.4, -0.2) is 27.8 Å². The second-order valence-corrected chi connectivity index (χ2v) is 5.19. The van der Waals surface area contributed by atoms with E-state index >= 15 is 0 Å². The fourth-order valence-corrected chi connectivity index (χ4v) is 2.06. The van der Waals surface area contributed by atoms with Gasteiger partial charge in [0.2, 0.25) is 5.78 Å². The number of ketones is 1. The molecule has 0 heterocycles. The van der Waals surface area contributed by atoms with Crippen molar-refractivity contribution in [3.63, 3.8) is 0 Å². The predicted octanol–water partition coefficient (Wildman–Crippen LogP) is 2.33. The van der Waals surface area contributed by atoms with Crippen LogP contribution in [0.5, 0.6) is 0 Å². The number of allylic oxidation sites excluding steroid dienone is 1. The van der Waals surface area contributed by atoms with Crippen molar-refractivity contribution in [1.82, 2.24) is 0 Å². The molecule has 0 saturated heterocycles. The van der Waals surface area contributed by atoms with Gasteiger partial charge in [-0.15, -0.1) is 0 Å². The Labute approximate surface area is 139 Å². The molecule has 0 unspecified atom stereocenters. The maximum absolute atomic E-state index is 12.2. The van der Waals surface area contributed by atoms with E-state index in [1.165, 1.54) is 12.1 Å². The van der Waals surface area contributed by atoms with Crippen LogP contribution < -0.4 is 0 Å². The van der Waals surface area contributed by atoms with E-state index in [4.69, 9.17) is 4.74 Å². The van der Waals surface area contributed by atoms with Gasteiger partial charge in [-0.25, -0.2) is 4.79 Å². The summed E-state index contributed by atoms with van der Waals surface area (Å²) in [4.78, 5) is 24.0. The minimum atomic E-state index is -3.23. The van der Waals surface area contributed by atoms with Gasteiger partial charge in [0.05, 0.1) is 0 Å². The van der Waals surface area contributed by atoms with Crippen LogP contribution in [0.1, 0.15) is 28.4 Å². The van der Waals surface area contributed by atoms with Gasteiger partial charge in [-0.1, -0.05) is 66.7 Å². The molecule has 0 aliphatic rings. The summed E-state index contributed by atoms with van der Waals surface area (Å²) in [7, 11) is 0. The number of hydrogen-bond acceptors (Lipinski definition) is 5. The predicted molar refractivity (Wildman–Crippen MR) is 88.9 cm³/mol. The van der Waals surface area contributed by atoms with Gasteiger partial charge in [0.1, 0.15) is 6.61 Å². The zero-order valence-corrected chi connectivity index (χ0v) is 13.2. The molecule has 0 fully saturated rings. The maximum atomic E-state index is 12.2. The Balaban J connectivity index is 2.07. The highest BCUT2D eigenvalue weighted by Crippen LogP contribution is 2.16. The van der Waals surface area contributed by atoms with Crippen LogP contribution in [0.25, 0.3) is 6.08 Å². The number of rotatable bonds is 6. The minimum Gasteiger partial charge on any atom is -0.456 e. The highest BCUT2D eigenvalue weighted by molar-refractivity contribution is 6.13. The van der Waals surface area contributed by atoms with E-state index in [1.807, 2.05) is 19.1 Å². The van der Waals surface area contributed by atoms with Crippen LogP contribution in [0.3, 0.4) is 0 Å². The van der Waals surface area contributed by atoms with Gasteiger partial charge in [0.25, 0.3) is 0 Å². The molecular formula is C19H18O5. The van der Waals surface area contributed by atoms with E-state index in [-0.39, 0.29) is 12.2 Å². The average molecular weight is 326 g/mol. The fourth-order valence-electron chi connectivity index (χ4n) is 2.06. The van der Waals surface area contributed by atoms with Crippen LogP contribution in [0.2, 0.25) is 0 Å². The summed E-state index contributed by atoms with van der Waals surface area (Å²) in [6.45, 7) is 1.70. The second-order valence-electron chi connectivity index (χ2n) is 5.19. The van der Waals surface area contributed by atoms with E-state index in [2.05, 4.69) is 0 Å². The van der Waals surface area contributed by atoms with E-state index in [0.717, 1.165) is 5.56 Å². The molecule has 2 aromatic rings. The molecule has 2 rings (SSSR count). The van der Waals surface area contributed by atoms with Crippen molar-refractivity contribution < 1.29 is 24.5 Å². The number of benzene rings is 2. The Kier molecular flexibility index (Phi) is 5.63. The lowest BCUT2D eigenvalue weighted by Gasteiger charge is -2.18. The number of Topliss-reactive ketones (excluding diaryl/α,β-unsaturated/α-hetero) is 1. The molecular weight excluding hydrogens is 308 g/mol. The van der Waals surface area contributed by atoms with E-state index < -0.39 is 17.5 Å². The molecule has 124 valence electrons. The number of carbonyl (C=O) groups excluding carboxylic acids is 2. The van der Waals surface area contributed by atoms with Crippen molar-refractivity contribution in [3.8, 4) is 0 Å².